The van der Waals surface area contributed by atoms with E-state index >= 15 is 0 Å². The largest absolute Gasteiger partial charge is 0.458 e. The predicted octanol–water partition coefficient (Wildman–Crippen LogP) is 6.06. The second-order valence-corrected chi connectivity index (χ2v) is 7.43. The Morgan fingerprint density at radius 2 is 1.38 bits per heavy atom. The van der Waals surface area contributed by atoms with Gasteiger partial charge in [-0.3, -0.25) is 0 Å². The molecule has 2 aromatic rings. The van der Waals surface area contributed by atoms with Crippen LogP contribution < -0.4 is 0 Å². The summed E-state index contributed by atoms with van der Waals surface area (Å²) >= 11 is 0. The van der Waals surface area contributed by atoms with Crippen molar-refractivity contribution < 1.29 is 19.1 Å². The quantitative estimate of drug-likeness (QED) is 0.458. The van der Waals surface area contributed by atoms with Crippen LogP contribution >= 0.6 is 0 Å². The molecule has 29 heavy (non-hydrogen) atoms. The summed E-state index contributed by atoms with van der Waals surface area (Å²) in [6.45, 7) is 8.11. The first-order valence-electron chi connectivity index (χ1n) is 10.5. The van der Waals surface area contributed by atoms with Crippen LogP contribution in [0.1, 0.15) is 74.1 Å². The van der Waals surface area contributed by atoms with Crippen LogP contribution in [0.2, 0.25) is 0 Å². The maximum Gasteiger partial charge on any atom is 0.338 e. The van der Waals surface area contributed by atoms with Crippen molar-refractivity contribution in [2.75, 3.05) is 0 Å². The van der Waals surface area contributed by atoms with Gasteiger partial charge >= 0.3 is 11.9 Å². The van der Waals surface area contributed by atoms with E-state index in [1.165, 1.54) is 0 Å². The Kier molecular flexibility index (Phi) is 8.44. The van der Waals surface area contributed by atoms with E-state index in [1.54, 1.807) is 24.3 Å². The number of esters is 2. The minimum atomic E-state index is -0.695. The van der Waals surface area contributed by atoms with E-state index in [1.807, 2.05) is 57.2 Å². The summed E-state index contributed by atoms with van der Waals surface area (Å²) in [5.41, 5.74) is 0.360. The van der Waals surface area contributed by atoms with Crippen LogP contribution in [-0.4, -0.2) is 23.6 Å². The predicted molar refractivity (Wildman–Crippen MR) is 115 cm³/mol. The van der Waals surface area contributed by atoms with E-state index in [-0.39, 0.29) is 24.0 Å². The highest BCUT2D eigenvalue weighted by Gasteiger charge is 2.43. The van der Waals surface area contributed by atoms with Crippen LogP contribution in [0.15, 0.2) is 60.7 Å². The summed E-state index contributed by atoms with van der Waals surface area (Å²) in [4.78, 5) is 25.4. The number of hydrogen-bond donors (Lipinski definition) is 0. The summed E-state index contributed by atoms with van der Waals surface area (Å²) in [5.74, 6) is -0.824. The number of ether oxygens (including phenoxy) is 2. The molecule has 4 heteroatoms. The summed E-state index contributed by atoms with van der Waals surface area (Å²) in [6.07, 6.45) is 2.53. The maximum atomic E-state index is 12.8. The molecule has 0 radical (unpaired) electrons. The van der Waals surface area contributed by atoms with E-state index < -0.39 is 5.60 Å². The molecule has 0 N–H and O–H groups in total. The van der Waals surface area contributed by atoms with Crippen LogP contribution in [0.4, 0.5) is 0 Å². The summed E-state index contributed by atoms with van der Waals surface area (Å²) in [7, 11) is 0. The summed E-state index contributed by atoms with van der Waals surface area (Å²) in [6, 6.07) is 18.0. The third-order valence-electron chi connectivity index (χ3n) is 5.63. The number of hydrogen-bond acceptors (Lipinski definition) is 4. The lowest BCUT2D eigenvalue weighted by atomic mass is 9.78. The van der Waals surface area contributed by atoms with Crippen LogP contribution in [0.5, 0.6) is 0 Å². The van der Waals surface area contributed by atoms with Gasteiger partial charge in [0, 0.05) is 5.92 Å². The topological polar surface area (TPSA) is 52.6 Å². The molecule has 0 amide bonds. The molecular formula is C25H32O4. The van der Waals surface area contributed by atoms with E-state index in [0.29, 0.717) is 30.4 Å². The molecule has 3 atom stereocenters. The van der Waals surface area contributed by atoms with Gasteiger partial charge in [0.25, 0.3) is 0 Å². The molecule has 0 heterocycles. The van der Waals surface area contributed by atoms with Gasteiger partial charge in [-0.1, -0.05) is 70.5 Å². The highest BCUT2D eigenvalue weighted by atomic mass is 16.6. The number of carbonyl (C=O) groups is 2. The van der Waals surface area contributed by atoms with Crippen LogP contribution in [-0.2, 0) is 9.47 Å². The second kappa shape index (κ2) is 10.8. The average molecular weight is 397 g/mol. The van der Waals surface area contributed by atoms with E-state index in [9.17, 15) is 9.59 Å². The van der Waals surface area contributed by atoms with E-state index in [4.69, 9.17) is 9.47 Å². The van der Waals surface area contributed by atoms with Crippen molar-refractivity contribution in [2.24, 2.45) is 5.92 Å². The van der Waals surface area contributed by atoms with Crippen molar-refractivity contribution in [1.82, 2.24) is 0 Å². The molecule has 0 saturated heterocycles. The van der Waals surface area contributed by atoms with Crippen LogP contribution in [0.25, 0.3) is 0 Å². The molecule has 3 unspecified atom stereocenters. The Bertz CT molecular complexity index is 772. The molecule has 2 rings (SSSR count). The zero-order valence-electron chi connectivity index (χ0n) is 17.9. The lowest BCUT2D eigenvalue weighted by Gasteiger charge is -2.41. The average Bonchev–Trinajstić information content (AvgIpc) is 2.77. The highest BCUT2D eigenvalue weighted by molar-refractivity contribution is 5.90. The lowest BCUT2D eigenvalue weighted by Crippen LogP contribution is -2.47. The molecule has 0 aromatic heterocycles. The minimum Gasteiger partial charge on any atom is -0.458 e. The van der Waals surface area contributed by atoms with Crippen molar-refractivity contribution in [3.05, 3.63) is 71.8 Å². The fourth-order valence-electron chi connectivity index (χ4n) is 3.84. The smallest absolute Gasteiger partial charge is 0.338 e. The third-order valence-corrected chi connectivity index (χ3v) is 5.63. The van der Waals surface area contributed by atoms with Gasteiger partial charge in [-0.15, -0.1) is 0 Å². The third kappa shape index (κ3) is 5.69. The molecule has 156 valence electrons. The molecule has 0 spiro atoms. The van der Waals surface area contributed by atoms with Gasteiger partial charge in [0.15, 0.2) is 0 Å². The van der Waals surface area contributed by atoms with Gasteiger partial charge in [-0.05, 0) is 43.5 Å². The molecular weight excluding hydrogens is 364 g/mol. The van der Waals surface area contributed by atoms with E-state index in [0.717, 1.165) is 6.42 Å². The lowest BCUT2D eigenvalue weighted by molar-refractivity contribution is -0.0927. The maximum absolute atomic E-state index is 12.8. The summed E-state index contributed by atoms with van der Waals surface area (Å²) < 4.78 is 12.0. The molecule has 0 saturated carbocycles. The van der Waals surface area contributed by atoms with Gasteiger partial charge in [-0.2, -0.15) is 0 Å². The van der Waals surface area contributed by atoms with Gasteiger partial charge < -0.3 is 9.47 Å². The second-order valence-electron chi connectivity index (χ2n) is 7.43. The number of carbonyl (C=O) groups excluding carboxylic acids is 2. The molecule has 0 aliphatic carbocycles. The van der Waals surface area contributed by atoms with Crippen LogP contribution in [0.3, 0.4) is 0 Å². The van der Waals surface area contributed by atoms with Crippen molar-refractivity contribution in [2.45, 2.75) is 65.1 Å². The van der Waals surface area contributed by atoms with Gasteiger partial charge in [0.1, 0.15) is 11.7 Å². The number of benzene rings is 2. The van der Waals surface area contributed by atoms with Crippen molar-refractivity contribution >= 4 is 11.9 Å². The molecule has 4 nitrogen and oxygen atoms in total. The first kappa shape index (κ1) is 22.7. The summed E-state index contributed by atoms with van der Waals surface area (Å²) in [5, 5.41) is 0. The Labute approximate surface area is 174 Å². The first-order valence-corrected chi connectivity index (χ1v) is 10.5. The zero-order chi connectivity index (χ0) is 21.3. The van der Waals surface area contributed by atoms with E-state index in [2.05, 4.69) is 6.92 Å². The zero-order valence-corrected chi connectivity index (χ0v) is 17.9. The molecule has 0 aliphatic rings. The normalized spacial score (nSPS) is 15.0. The van der Waals surface area contributed by atoms with Gasteiger partial charge in [0.05, 0.1) is 11.1 Å². The van der Waals surface area contributed by atoms with Crippen molar-refractivity contribution in [1.29, 1.82) is 0 Å². The number of rotatable bonds is 10. The Hall–Kier alpha value is -2.62. The molecule has 0 fully saturated rings. The SMILES string of the molecule is CCCC(CC)(OC(=O)c1ccccc1)C(C)C(CC)OC(=O)c1ccccc1. The molecule has 0 aliphatic heterocycles. The molecule has 0 bridgehead atoms. The Morgan fingerprint density at radius 1 is 0.862 bits per heavy atom. The van der Waals surface area contributed by atoms with Crippen LogP contribution in [0, 0.1) is 5.92 Å². The Balaban J connectivity index is 2.23. The first-order chi connectivity index (χ1) is 14.0. The standard InChI is InChI=1S/C25H32O4/c1-5-18-25(7-3,29-24(27)21-16-12-9-13-17-21)19(4)22(6-2)28-23(26)20-14-10-8-11-15-20/h8-17,19,22H,5-7,18H2,1-4H3. The highest BCUT2D eigenvalue weighted by Crippen LogP contribution is 2.36. The monoisotopic (exact) mass is 396 g/mol. The van der Waals surface area contributed by atoms with Crippen molar-refractivity contribution in [3.8, 4) is 0 Å². The fourth-order valence-corrected chi connectivity index (χ4v) is 3.84. The van der Waals surface area contributed by atoms with Gasteiger partial charge in [0.2, 0.25) is 0 Å². The van der Waals surface area contributed by atoms with Gasteiger partial charge in [-0.25, -0.2) is 9.59 Å². The Morgan fingerprint density at radius 3 is 1.83 bits per heavy atom. The minimum absolute atomic E-state index is 0.141. The van der Waals surface area contributed by atoms with Crippen molar-refractivity contribution in [3.63, 3.8) is 0 Å². The molecule has 2 aromatic carbocycles. The fraction of sp³-hybridized carbons (Fsp3) is 0.440.